The summed E-state index contributed by atoms with van der Waals surface area (Å²) in [5.74, 6) is -3.82. The molecule has 0 saturated heterocycles. The molecule has 6 heteroatoms. The molecule has 0 amide bonds. The molecular weight excluding hydrogens is 240 g/mol. The third kappa shape index (κ3) is 7.03. The normalized spacial score (nSPS) is 13.4. The van der Waals surface area contributed by atoms with Gasteiger partial charge in [-0.25, -0.2) is 0 Å². The van der Waals surface area contributed by atoms with Crippen LogP contribution in [0.25, 0.3) is 0 Å². The molecule has 6 nitrogen and oxygen atoms in total. The Hall–Kier alpha value is -1.40. The first-order valence-electron chi connectivity index (χ1n) is 5.84. The Morgan fingerprint density at radius 1 is 1.22 bits per heavy atom. The number of esters is 2. The number of ether oxygens (including phenoxy) is 2. The summed E-state index contributed by atoms with van der Waals surface area (Å²) in [6, 6.07) is 0. The Labute approximate surface area is 106 Å². The van der Waals surface area contributed by atoms with Crippen LogP contribution in [-0.2, 0) is 19.1 Å². The SMILES string of the molecule is CCC(=O)OC(O)(/C=C/CC(C)O)OC(=O)CC. The van der Waals surface area contributed by atoms with E-state index < -0.39 is 24.0 Å². The lowest BCUT2D eigenvalue weighted by atomic mass is 10.2. The van der Waals surface area contributed by atoms with Gasteiger partial charge in [0.2, 0.25) is 0 Å². The lowest BCUT2D eigenvalue weighted by Crippen LogP contribution is -2.38. The smallest absolute Gasteiger partial charge is 0.395 e. The number of aliphatic hydroxyl groups is 2. The van der Waals surface area contributed by atoms with Crippen molar-refractivity contribution < 1.29 is 29.3 Å². The van der Waals surface area contributed by atoms with Gasteiger partial charge in [0.05, 0.1) is 6.10 Å². The van der Waals surface area contributed by atoms with E-state index in [9.17, 15) is 14.7 Å². The molecule has 1 unspecified atom stereocenters. The second-order valence-electron chi connectivity index (χ2n) is 3.77. The Bertz CT molecular complexity index is 290. The quantitative estimate of drug-likeness (QED) is 0.401. The fourth-order valence-electron chi connectivity index (χ4n) is 0.973. The number of rotatable bonds is 7. The van der Waals surface area contributed by atoms with E-state index in [-0.39, 0.29) is 19.3 Å². The van der Waals surface area contributed by atoms with E-state index in [1.54, 1.807) is 20.8 Å². The van der Waals surface area contributed by atoms with E-state index >= 15 is 0 Å². The topological polar surface area (TPSA) is 93.1 Å². The van der Waals surface area contributed by atoms with Crippen LogP contribution in [0.4, 0.5) is 0 Å². The Kier molecular flexibility index (Phi) is 7.23. The first-order valence-corrected chi connectivity index (χ1v) is 5.84. The van der Waals surface area contributed by atoms with E-state index in [0.29, 0.717) is 0 Å². The standard InChI is InChI=1S/C12H20O6/c1-4-10(14)17-12(16,18-11(15)5-2)8-6-7-9(3)13/h6,8-9,13,16H,4-5,7H2,1-3H3/b8-6+. The molecule has 0 aliphatic carbocycles. The van der Waals surface area contributed by atoms with E-state index in [4.69, 9.17) is 5.11 Å². The maximum Gasteiger partial charge on any atom is 0.395 e. The number of carbonyl (C=O) groups is 2. The van der Waals surface area contributed by atoms with Gasteiger partial charge in [0.25, 0.3) is 0 Å². The summed E-state index contributed by atoms with van der Waals surface area (Å²) in [6.07, 6.45) is 2.09. The molecule has 0 aromatic carbocycles. The second kappa shape index (κ2) is 7.84. The lowest BCUT2D eigenvalue weighted by Gasteiger charge is -2.23. The van der Waals surface area contributed by atoms with Crippen molar-refractivity contribution >= 4 is 11.9 Å². The minimum atomic E-state index is -2.41. The summed E-state index contributed by atoms with van der Waals surface area (Å²) in [5, 5.41) is 18.9. The van der Waals surface area contributed by atoms with Crippen LogP contribution in [0, 0.1) is 0 Å². The summed E-state index contributed by atoms with van der Waals surface area (Å²) >= 11 is 0. The van der Waals surface area contributed by atoms with E-state index in [2.05, 4.69) is 9.47 Å². The highest BCUT2D eigenvalue weighted by atomic mass is 16.8. The zero-order chi connectivity index (χ0) is 14.2. The van der Waals surface area contributed by atoms with E-state index in [1.165, 1.54) is 6.08 Å². The number of carbonyl (C=O) groups excluding carboxylic acids is 2. The first-order chi connectivity index (χ1) is 8.33. The highest BCUT2D eigenvalue weighted by molar-refractivity contribution is 5.71. The molecule has 0 heterocycles. The van der Waals surface area contributed by atoms with Crippen molar-refractivity contribution in [2.24, 2.45) is 0 Å². The molecule has 104 valence electrons. The molecular formula is C12H20O6. The molecule has 0 aliphatic heterocycles. The summed E-state index contributed by atoms with van der Waals surface area (Å²) in [6.45, 7) is 4.65. The third-order valence-electron chi connectivity index (χ3n) is 1.90. The Morgan fingerprint density at radius 3 is 2.00 bits per heavy atom. The lowest BCUT2D eigenvalue weighted by molar-refractivity contribution is -0.296. The van der Waals surface area contributed by atoms with Crippen molar-refractivity contribution in [1.82, 2.24) is 0 Å². The first kappa shape index (κ1) is 16.6. The summed E-state index contributed by atoms with van der Waals surface area (Å²) in [4.78, 5) is 22.3. The summed E-state index contributed by atoms with van der Waals surface area (Å²) < 4.78 is 9.29. The average molecular weight is 260 g/mol. The van der Waals surface area contributed by atoms with Gasteiger partial charge in [0, 0.05) is 18.9 Å². The maximum absolute atomic E-state index is 11.1. The van der Waals surface area contributed by atoms with Crippen LogP contribution in [0.3, 0.4) is 0 Å². The minimum absolute atomic E-state index is 0.0379. The van der Waals surface area contributed by atoms with Gasteiger partial charge in [-0.05, 0) is 13.3 Å². The van der Waals surface area contributed by atoms with E-state index in [0.717, 1.165) is 6.08 Å². The number of aliphatic hydroxyl groups excluding tert-OH is 1. The molecule has 0 radical (unpaired) electrons. The van der Waals surface area contributed by atoms with Crippen LogP contribution in [0.1, 0.15) is 40.0 Å². The predicted octanol–water partition coefficient (Wildman–Crippen LogP) is 0.866. The summed E-state index contributed by atoms with van der Waals surface area (Å²) in [5.41, 5.74) is 0. The van der Waals surface area contributed by atoms with Gasteiger partial charge >= 0.3 is 17.9 Å². The molecule has 0 bridgehead atoms. The van der Waals surface area contributed by atoms with Gasteiger partial charge in [0.15, 0.2) is 0 Å². The van der Waals surface area contributed by atoms with Crippen molar-refractivity contribution in [1.29, 1.82) is 0 Å². The molecule has 0 spiro atoms. The van der Waals surface area contributed by atoms with Crippen molar-refractivity contribution in [2.45, 2.75) is 52.1 Å². The Balaban J connectivity index is 4.73. The number of hydrogen-bond acceptors (Lipinski definition) is 6. The van der Waals surface area contributed by atoms with Crippen LogP contribution in [0.15, 0.2) is 12.2 Å². The van der Waals surface area contributed by atoms with Gasteiger partial charge in [-0.2, -0.15) is 0 Å². The monoisotopic (exact) mass is 260 g/mol. The highest BCUT2D eigenvalue weighted by Gasteiger charge is 2.32. The molecule has 0 fully saturated rings. The maximum atomic E-state index is 11.1. The van der Waals surface area contributed by atoms with Gasteiger partial charge in [-0.3, -0.25) is 9.59 Å². The largest absolute Gasteiger partial charge is 0.395 e. The Morgan fingerprint density at radius 2 is 1.67 bits per heavy atom. The molecule has 0 saturated carbocycles. The van der Waals surface area contributed by atoms with Gasteiger partial charge in [0.1, 0.15) is 0 Å². The van der Waals surface area contributed by atoms with Crippen molar-refractivity contribution in [3.05, 3.63) is 12.2 Å². The fraction of sp³-hybridized carbons (Fsp3) is 0.667. The van der Waals surface area contributed by atoms with Gasteiger partial charge in [-0.15, -0.1) is 0 Å². The second-order valence-corrected chi connectivity index (χ2v) is 3.77. The fourth-order valence-corrected chi connectivity index (χ4v) is 0.973. The zero-order valence-electron chi connectivity index (χ0n) is 10.9. The molecule has 18 heavy (non-hydrogen) atoms. The van der Waals surface area contributed by atoms with Gasteiger partial charge < -0.3 is 19.7 Å². The third-order valence-corrected chi connectivity index (χ3v) is 1.90. The van der Waals surface area contributed by atoms with Crippen LogP contribution < -0.4 is 0 Å². The summed E-state index contributed by atoms with van der Waals surface area (Å²) in [7, 11) is 0. The molecule has 0 aromatic rings. The zero-order valence-corrected chi connectivity index (χ0v) is 10.9. The average Bonchev–Trinajstić information content (AvgIpc) is 2.27. The molecule has 0 rings (SSSR count). The highest BCUT2D eigenvalue weighted by Crippen LogP contribution is 2.15. The molecule has 1 atom stereocenters. The van der Waals surface area contributed by atoms with Crippen LogP contribution in [-0.4, -0.2) is 34.2 Å². The molecule has 0 aromatic heterocycles. The van der Waals surface area contributed by atoms with E-state index in [1.807, 2.05) is 0 Å². The molecule has 0 aliphatic rings. The molecule has 2 N–H and O–H groups in total. The minimum Gasteiger partial charge on any atom is -0.395 e. The van der Waals surface area contributed by atoms with Gasteiger partial charge in [-0.1, -0.05) is 19.9 Å². The van der Waals surface area contributed by atoms with Crippen molar-refractivity contribution in [3.8, 4) is 0 Å². The van der Waals surface area contributed by atoms with Crippen LogP contribution >= 0.6 is 0 Å². The van der Waals surface area contributed by atoms with Crippen LogP contribution in [0.5, 0.6) is 0 Å². The van der Waals surface area contributed by atoms with Crippen LogP contribution in [0.2, 0.25) is 0 Å². The predicted molar refractivity (Wildman–Crippen MR) is 63.2 cm³/mol. The van der Waals surface area contributed by atoms with Crippen molar-refractivity contribution in [2.75, 3.05) is 0 Å². The van der Waals surface area contributed by atoms with Crippen molar-refractivity contribution in [3.63, 3.8) is 0 Å². The number of hydrogen-bond donors (Lipinski definition) is 2.